The van der Waals surface area contributed by atoms with Crippen molar-refractivity contribution in [3.63, 3.8) is 0 Å². The smallest absolute Gasteiger partial charge is 0.265 e. The average molecular weight is 364 g/mol. The van der Waals surface area contributed by atoms with E-state index in [4.69, 9.17) is 9.47 Å². The normalized spacial score (nSPS) is 11.5. The molecule has 0 aliphatic carbocycles. The van der Waals surface area contributed by atoms with Crippen molar-refractivity contribution in [3.05, 3.63) is 41.4 Å². The van der Waals surface area contributed by atoms with Gasteiger partial charge in [-0.05, 0) is 37.3 Å². The lowest BCUT2D eigenvalue weighted by Gasteiger charge is -2.12. The summed E-state index contributed by atoms with van der Waals surface area (Å²) in [6, 6.07) is 9.82. The molecule has 0 aliphatic heterocycles. The second kappa shape index (κ2) is 6.29. The Morgan fingerprint density at radius 3 is 2.58 bits per heavy atom. The first-order valence-electron chi connectivity index (χ1n) is 7.05. The standard InChI is InChI=1S/C16H16N2O4S2/c1-10-17-13-6-4-11(8-15(13)23-10)18-24(19,20)16-7-5-12(21-2)9-14(16)22-3/h4-9,18H,1-3H3. The lowest BCUT2D eigenvalue weighted by atomic mass is 10.3. The fourth-order valence-corrected chi connectivity index (χ4v) is 4.38. The number of ether oxygens (including phenoxy) is 2. The summed E-state index contributed by atoms with van der Waals surface area (Å²) in [4.78, 5) is 4.41. The molecule has 1 aromatic heterocycles. The molecule has 0 unspecified atom stereocenters. The zero-order chi connectivity index (χ0) is 17.3. The molecular weight excluding hydrogens is 348 g/mol. The molecule has 6 nitrogen and oxygen atoms in total. The largest absolute Gasteiger partial charge is 0.497 e. The fourth-order valence-electron chi connectivity index (χ4n) is 2.31. The van der Waals surface area contributed by atoms with Gasteiger partial charge in [0.2, 0.25) is 0 Å². The van der Waals surface area contributed by atoms with Crippen LogP contribution in [0.3, 0.4) is 0 Å². The lowest BCUT2D eigenvalue weighted by molar-refractivity contribution is 0.386. The molecule has 1 heterocycles. The van der Waals surface area contributed by atoms with E-state index >= 15 is 0 Å². The van der Waals surface area contributed by atoms with E-state index in [0.717, 1.165) is 15.2 Å². The Morgan fingerprint density at radius 2 is 1.88 bits per heavy atom. The summed E-state index contributed by atoms with van der Waals surface area (Å²) in [5.41, 5.74) is 1.33. The molecule has 8 heteroatoms. The molecule has 1 N–H and O–H groups in total. The molecule has 24 heavy (non-hydrogen) atoms. The van der Waals surface area contributed by atoms with Crippen LogP contribution >= 0.6 is 11.3 Å². The number of anilines is 1. The summed E-state index contributed by atoms with van der Waals surface area (Å²) in [6.45, 7) is 1.91. The summed E-state index contributed by atoms with van der Waals surface area (Å²) in [5.74, 6) is 0.740. The number of rotatable bonds is 5. The number of nitrogens with one attached hydrogen (secondary N) is 1. The fraction of sp³-hybridized carbons (Fsp3) is 0.188. The van der Waals surface area contributed by atoms with Crippen LogP contribution in [0.5, 0.6) is 11.5 Å². The molecular formula is C16H16N2O4S2. The number of methoxy groups -OCH3 is 2. The van der Waals surface area contributed by atoms with E-state index in [1.165, 1.54) is 37.7 Å². The molecule has 0 saturated carbocycles. The Kier molecular flexibility index (Phi) is 4.33. The summed E-state index contributed by atoms with van der Waals surface area (Å²) < 4.78 is 39.1. The first kappa shape index (κ1) is 16.5. The number of aryl methyl sites for hydroxylation is 1. The molecule has 0 atom stereocenters. The molecule has 0 radical (unpaired) electrons. The number of aromatic nitrogens is 1. The van der Waals surface area contributed by atoms with Gasteiger partial charge in [0, 0.05) is 6.07 Å². The van der Waals surface area contributed by atoms with Gasteiger partial charge in [-0.2, -0.15) is 0 Å². The second-order valence-corrected chi connectivity index (χ2v) is 7.92. The number of nitrogens with zero attached hydrogens (tertiary/aromatic N) is 1. The van der Waals surface area contributed by atoms with Crippen LogP contribution in [-0.2, 0) is 10.0 Å². The van der Waals surface area contributed by atoms with Gasteiger partial charge < -0.3 is 9.47 Å². The second-order valence-electron chi connectivity index (χ2n) is 5.04. The zero-order valence-corrected chi connectivity index (χ0v) is 15.0. The molecule has 0 bridgehead atoms. The molecule has 126 valence electrons. The van der Waals surface area contributed by atoms with Crippen molar-refractivity contribution >= 4 is 37.3 Å². The minimum absolute atomic E-state index is 0.0476. The SMILES string of the molecule is COc1ccc(S(=O)(=O)Nc2ccc3nc(C)sc3c2)c(OC)c1. The minimum Gasteiger partial charge on any atom is -0.497 e. The van der Waals surface area contributed by atoms with Crippen LogP contribution in [0.4, 0.5) is 5.69 Å². The third-order valence-corrected chi connectivity index (χ3v) is 5.76. The summed E-state index contributed by atoms with van der Waals surface area (Å²) in [5, 5.41) is 0.932. The van der Waals surface area contributed by atoms with Crippen LogP contribution in [0.15, 0.2) is 41.3 Å². The average Bonchev–Trinajstić information content (AvgIpc) is 2.93. The van der Waals surface area contributed by atoms with E-state index in [1.54, 1.807) is 24.3 Å². The van der Waals surface area contributed by atoms with Crippen LogP contribution in [0, 0.1) is 6.92 Å². The van der Waals surface area contributed by atoms with Crippen molar-refractivity contribution in [2.24, 2.45) is 0 Å². The Balaban J connectivity index is 1.97. The van der Waals surface area contributed by atoms with Crippen LogP contribution < -0.4 is 14.2 Å². The molecule has 2 aromatic carbocycles. The van der Waals surface area contributed by atoms with Gasteiger partial charge in [0.25, 0.3) is 10.0 Å². The van der Waals surface area contributed by atoms with Crippen molar-refractivity contribution in [3.8, 4) is 11.5 Å². The van der Waals surface area contributed by atoms with Crippen LogP contribution in [0.1, 0.15) is 5.01 Å². The maximum atomic E-state index is 12.7. The van der Waals surface area contributed by atoms with Crippen molar-refractivity contribution < 1.29 is 17.9 Å². The van der Waals surface area contributed by atoms with E-state index in [0.29, 0.717) is 11.4 Å². The monoisotopic (exact) mass is 364 g/mol. The Morgan fingerprint density at radius 1 is 1.08 bits per heavy atom. The van der Waals surface area contributed by atoms with Crippen molar-refractivity contribution in [2.75, 3.05) is 18.9 Å². The molecule has 0 aliphatic rings. The predicted molar refractivity (Wildman–Crippen MR) is 94.7 cm³/mol. The molecule has 0 amide bonds. The van der Waals surface area contributed by atoms with Gasteiger partial charge >= 0.3 is 0 Å². The quantitative estimate of drug-likeness (QED) is 0.750. The van der Waals surface area contributed by atoms with Gasteiger partial charge in [0.15, 0.2) is 0 Å². The number of fused-ring (bicyclic) bond motifs is 1. The highest BCUT2D eigenvalue weighted by atomic mass is 32.2. The van der Waals surface area contributed by atoms with E-state index in [2.05, 4.69) is 9.71 Å². The van der Waals surface area contributed by atoms with E-state index in [1.807, 2.05) is 6.92 Å². The van der Waals surface area contributed by atoms with E-state index < -0.39 is 10.0 Å². The third-order valence-electron chi connectivity index (χ3n) is 3.41. The molecule has 0 spiro atoms. The maximum Gasteiger partial charge on any atom is 0.265 e. The molecule has 0 saturated heterocycles. The summed E-state index contributed by atoms with van der Waals surface area (Å²) in [7, 11) is -0.865. The minimum atomic E-state index is -3.79. The highest BCUT2D eigenvalue weighted by Gasteiger charge is 2.20. The molecule has 3 aromatic rings. The van der Waals surface area contributed by atoms with Gasteiger partial charge in [-0.1, -0.05) is 0 Å². The third kappa shape index (κ3) is 3.15. The number of hydrogen-bond acceptors (Lipinski definition) is 6. The van der Waals surface area contributed by atoms with Gasteiger partial charge in [-0.15, -0.1) is 11.3 Å². The van der Waals surface area contributed by atoms with Crippen molar-refractivity contribution in [2.45, 2.75) is 11.8 Å². The maximum absolute atomic E-state index is 12.7. The van der Waals surface area contributed by atoms with Crippen LogP contribution in [-0.4, -0.2) is 27.6 Å². The highest BCUT2D eigenvalue weighted by Crippen LogP contribution is 2.31. The first-order valence-corrected chi connectivity index (χ1v) is 9.35. The summed E-state index contributed by atoms with van der Waals surface area (Å²) >= 11 is 1.51. The zero-order valence-electron chi connectivity index (χ0n) is 13.4. The number of hydrogen-bond donors (Lipinski definition) is 1. The predicted octanol–water partition coefficient (Wildman–Crippen LogP) is 3.42. The Labute approximate surface area is 144 Å². The van der Waals surface area contributed by atoms with Crippen molar-refractivity contribution in [1.29, 1.82) is 0 Å². The van der Waals surface area contributed by atoms with Gasteiger partial charge in [0.1, 0.15) is 16.4 Å². The van der Waals surface area contributed by atoms with Gasteiger partial charge in [-0.3, -0.25) is 4.72 Å². The Hall–Kier alpha value is -2.32. The van der Waals surface area contributed by atoms with Gasteiger partial charge in [0.05, 0.1) is 35.1 Å². The van der Waals surface area contributed by atoms with Crippen LogP contribution in [0.25, 0.3) is 10.2 Å². The van der Waals surface area contributed by atoms with E-state index in [9.17, 15) is 8.42 Å². The highest BCUT2D eigenvalue weighted by molar-refractivity contribution is 7.92. The van der Waals surface area contributed by atoms with Gasteiger partial charge in [-0.25, -0.2) is 13.4 Å². The molecule has 0 fully saturated rings. The summed E-state index contributed by atoms with van der Waals surface area (Å²) in [6.07, 6.45) is 0. The topological polar surface area (TPSA) is 77.5 Å². The number of sulfonamides is 1. The molecule has 3 rings (SSSR count). The Bertz CT molecular complexity index is 996. The van der Waals surface area contributed by atoms with E-state index in [-0.39, 0.29) is 10.6 Å². The number of benzene rings is 2. The van der Waals surface area contributed by atoms with Crippen LogP contribution in [0.2, 0.25) is 0 Å². The lowest BCUT2D eigenvalue weighted by Crippen LogP contribution is -2.14. The number of thiazole rings is 1. The first-order chi connectivity index (χ1) is 11.4. The van der Waals surface area contributed by atoms with Crippen molar-refractivity contribution in [1.82, 2.24) is 4.98 Å².